The van der Waals surface area contributed by atoms with Crippen LogP contribution >= 0.6 is 0 Å². The Hall–Kier alpha value is -1.66. The Kier molecular flexibility index (Phi) is 4.57. The first kappa shape index (κ1) is 14.7. The first-order valence-corrected chi connectivity index (χ1v) is 8.13. The fraction of sp³-hybridized carbons (Fsp3) is 0.357. The number of H-pyrrole nitrogens is 1. The second-order valence-electron chi connectivity index (χ2n) is 4.89. The Morgan fingerprint density at radius 3 is 2.75 bits per heavy atom. The molecule has 1 heterocycles. The third-order valence-electron chi connectivity index (χ3n) is 2.91. The van der Waals surface area contributed by atoms with Gasteiger partial charge in [0.25, 0.3) is 0 Å². The van der Waals surface area contributed by atoms with E-state index >= 15 is 0 Å². The third-order valence-corrected chi connectivity index (χ3v) is 4.27. The smallest absolute Gasteiger partial charge is 0.215 e. The molecule has 108 valence electrons. The molecule has 0 atom stereocenters. The highest BCUT2D eigenvalue weighted by molar-refractivity contribution is 7.88. The zero-order chi connectivity index (χ0) is 14.6. The Bertz CT molecular complexity index is 677. The van der Waals surface area contributed by atoms with Gasteiger partial charge in [-0.15, -0.1) is 0 Å². The van der Waals surface area contributed by atoms with Crippen molar-refractivity contribution < 1.29 is 8.42 Å². The van der Waals surface area contributed by atoms with E-state index in [1.165, 1.54) is 0 Å². The van der Waals surface area contributed by atoms with Crippen LogP contribution in [-0.2, 0) is 22.2 Å². The van der Waals surface area contributed by atoms with Crippen molar-refractivity contribution in [2.45, 2.75) is 26.0 Å². The number of aromatic nitrogens is 2. The summed E-state index contributed by atoms with van der Waals surface area (Å²) < 4.78 is 26.5. The highest BCUT2D eigenvalue weighted by Gasteiger charge is 2.11. The Balaban J connectivity index is 1.88. The lowest BCUT2D eigenvalue weighted by Gasteiger charge is -2.06. The highest BCUT2D eigenvalue weighted by Crippen LogP contribution is 2.07. The highest BCUT2D eigenvalue weighted by atomic mass is 32.2. The topological polar surface area (TPSA) is 74.8 Å². The van der Waals surface area contributed by atoms with Crippen molar-refractivity contribution in [2.75, 3.05) is 6.54 Å². The van der Waals surface area contributed by atoms with Crippen LogP contribution in [0.15, 0.2) is 30.5 Å². The maximum Gasteiger partial charge on any atom is 0.215 e. The zero-order valence-electron chi connectivity index (χ0n) is 11.7. The van der Waals surface area contributed by atoms with Gasteiger partial charge in [0.2, 0.25) is 10.0 Å². The number of nitrogens with zero attached hydrogens (tertiary/aromatic N) is 1. The van der Waals surface area contributed by atoms with Crippen LogP contribution in [0.5, 0.6) is 0 Å². The maximum atomic E-state index is 12.0. The Morgan fingerprint density at radius 1 is 1.30 bits per heavy atom. The van der Waals surface area contributed by atoms with Crippen LogP contribution in [0.3, 0.4) is 0 Å². The van der Waals surface area contributed by atoms with E-state index in [1.807, 2.05) is 38.1 Å². The second kappa shape index (κ2) is 6.19. The summed E-state index contributed by atoms with van der Waals surface area (Å²) in [5, 5.41) is 0. The average molecular weight is 293 g/mol. The molecule has 2 rings (SSSR count). The summed E-state index contributed by atoms with van der Waals surface area (Å²) in [6.07, 6.45) is 2.33. The molecule has 0 aliphatic carbocycles. The lowest BCUT2D eigenvalue weighted by Crippen LogP contribution is -2.27. The summed E-state index contributed by atoms with van der Waals surface area (Å²) in [5.74, 6) is 0.846. The van der Waals surface area contributed by atoms with Gasteiger partial charge in [-0.2, -0.15) is 0 Å². The standard InChI is InChI=1S/C14H19N3O2S/c1-11-4-3-5-13(8-11)10-20(18,19)16-7-6-14-9-15-12(2)17-14/h3-5,8-9,16H,6-7,10H2,1-2H3,(H,15,17). The van der Waals surface area contributed by atoms with Gasteiger partial charge < -0.3 is 4.98 Å². The molecule has 0 bridgehead atoms. The zero-order valence-corrected chi connectivity index (χ0v) is 12.5. The van der Waals surface area contributed by atoms with Crippen molar-refractivity contribution >= 4 is 10.0 Å². The van der Waals surface area contributed by atoms with E-state index in [4.69, 9.17) is 0 Å². The van der Waals surface area contributed by atoms with Crippen LogP contribution in [0.4, 0.5) is 0 Å². The molecule has 20 heavy (non-hydrogen) atoms. The van der Waals surface area contributed by atoms with Crippen LogP contribution < -0.4 is 4.72 Å². The summed E-state index contributed by atoms with van der Waals surface area (Å²) in [7, 11) is -3.30. The van der Waals surface area contributed by atoms with Gasteiger partial charge in [-0.25, -0.2) is 18.1 Å². The van der Waals surface area contributed by atoms with Crippen molar-refractivity contribution in [1.82, 2.24) is 14.7 Å². The summed E-state index contributed by atoms with van der Waals surface area (Å²) in [5.41, 5.74) is 2.79. The summed E-state index contributed by atoms with van der Waals surface area (Å²) >= 11 is 0. The van der Waals surface area contributed by atoms with Gasteiger partial charge in [-0.05, 0) is 19.4 Å². The lowest BCUT2D eigenvalue weighted by atomic mass is 10.2. The molecule has 0 unspecified atom stereocenters. The van der Waals surface area contributed by atoms with Gasteiger partial charge in [0.15, 0.2) is 0 Å². The predicted molar refractivity (Wildman–Crippen MR) is 78.8 cm³/mol. The van der Waals surface area contributed by atoms with E-state index in [9.17, 15) is 8.42 Å². The van der Waals surface area contributed by atoms with Crippen molar-refractivity contribution in [1.29, 1.82) is 0 Å². The molecule has 0 aliphatic rings. The van der Waals surface area contributed by atoms with Crippen molar-refractivity contribution in [2.24, 2.45) is 0 Å². The molecule has 6 heteroatoms. The van der Waals surface area contributed by atoms with Crippen LogP contribution in [0.1, 0.15) is 22.6 Å². The molecule has 0 amide bonds. The van der Waals surface area contributed by atoms with E-state index in [2.05, 4.69) is 14.7 Å². The fourth-order valence-corrected chi connectivity index (χ4v) is 3.15. The van der Waals surface area contributed by atoms with Gasteiger partial charge in [0.1, 0.15) is 5.82 Å². The van der Waals surface area contributed by atoms with Crippen molar-refractivity contribution in [3.8, 4) is 0 Å². The third kappa shape index (κ3) is 4.47. The van der Waals surface area contributed by atoms with Gasteiger partial charge in [-0.3, -0.25) is 0 Å². The van der Waals surface area contributed by atoms with Gasteiger partial charge in [0.05, 0.1) is 5.75 Å². The van der Waals surface area contributed by atoms with Crippen LogP contribution in [0.25, 0.3) is 0 Å². The number of imidazole rings is 1. The largest absolute Gasteiger partial charge is 0.346 e. The van der Waals surface area contributed by atoms with Crippen molar-refractivity contribution in [3.05, 3.63) is 53.1 Å². The number of sulfonamides is 1. The first-order valence-electron chi connectivity index (χ1n) is 6.48. The lowest BCUT2D eigenvalue weighted by molar-refractivity contribution is 0.580. The van der Waals surface area contributed by atoms with Crippen LogP contribution in [-0.4, -0.2) is 24.9 Å². The first-order chi connectivity index (χ1) is 9.44. The molecule has 2 aromatic rings. The Labute approximate surface area is 119 Å². The minimum Gasteiger partial charge on any atom is -0.346 e. The number of benzene rings is 1. The van der Waals surface area contributed by atoms with Crippen LogP contribution in [0, 0.1) is 13.8 Å². The van der Waals surface area contributed by atoms with E-state index in [0.717, 1.165) is 22.6 Å². The molecular formula is C14H19N3O2S. The number of hydrogen-bond donors (Lipinski definition) is 2. The Morgan fingerprint density at radius 2 is 2.10 bits per heavy atom. The molecule has 0 fully saturated rings. The summed E-state index contributed by atoms with van der Waals surface area (Å²) in [6, 6.07) is 7.53. The second-order valence-corrected chi connectivity index (χ2v) is 6.69. The molecular weight excluding hydrogens is 274 g/mol. The van der Waals surface area contributed by atoms with E-state index in [1.54, 1.807) is 6.20 Å². The molecule has 0 saturated heterocycles. The SMILES string of the molecule is Cc1cccc(CS(=O)(=O)NCCc2cnc(C)[nH]2)c1. The number of nitrogens with one attached hydrogen (secondary N) is 2. The summed E-state index contributed by atoms with van der Waals surface area (Å²) in [6.45, 7) is 4.19. The van der Waals surface area contributed by atoms with Crippen LogP contribution in [0.2, 0.25) is 0 Å². The monoisotopic (exact) mass is 293 g/mol. The minimum atomic E-state index is -3.30. The number of rotatable bonds is 6. The quantitative estimate of drug-likeness (QED) is 0.851. The molecule has 1 aromatic heterocycles. The summed E-state index contributed by atoms with van der Waals surface area (Å²) in [4.78, 5) is 7.15. The van der Waals surface area contributed by atoms with Crippen molar-refractivity contribution in [3.63, 3.8) is 0 Å². The molecule has 2 N–H and O–H groups in total. The molecule has 1 aromatic carbocycles. The van der Waals surface area contributed by atoms with Gasteiger partial charge in [-0.1, -0.05) is 29.8 Å². The molecule has 5 nitrogen and oxygen atoms in total. The van der Waals surface area contributed by atoms with E-state index in [-0.39, 0.29) is 5.75 Å². The number of hydrogen-bond acceptors (Lipinski definition) is 3. The van der Waals surface area contributed by atoms with E-state index < -0.39 is 10.0 Å². The number of aromatic amines is 1. The van der Waals surface area contributed by atoms with Gasteiger partial charge >= 0.3 is 0 Å². The molecule has 0 aliphatic heterocycles. The molecule has 0 radical (unpaired) electrons. The minimum absolute atomic E-state index is 0.0106. The molecule has 0 spiro atoms. The molecule has 0 saturated carbocycles. The predicted octanol–water partition coefficient (Wildman–Crippen LogP) is 1.69. The normalized spacial score (nSPS) is 11.7. The maximum absolute atomic E-state index is 12.0. The van der Waals surface area contributed by atoms with Gasteiger partial charge in [0, 0.05) is 24.9 Å². The van der Waals surface area contributed by atoms with E-state index in [0.29, 0.717) is 13.0 Å². The average Bonchev–Trinajstić information content (AvgIpc) is 2.74. The number of aryl methyl sites for hydroxylation is 2. The fourth-order valence-electron chi connectivity index (χ4n) is 2.01.